The summed E-state index contributed by atoms with van der Waals surface area (Å²) in [4.78, 5) is 14.8. The maximum atomic E-state index is 11.1. The van der Waals surface area contributed by atoms with Crippen molar-refractivity contribution in [1.29, 1.82) is 0 Å². The second kappa shape index (κ2) is 3.65. The molecule has 12 heavy (non-hydrogen) atoms. The molecule has 62 valence electrons. The summed E-state index contributed by atoms with van der Waals surface area (Å²) in [6.07, 6.45) is 1.52. The Kier molecular flexibility index (Phi) is 2.78. The van der Waals surface area contributed by atoms with E-state index in [1.54, 1.807) is 23.5 Å². The van der Waals surface area contributed by atoms with Crippen molar-refractivity contribution in [1.82, 2.24) is 4.98 Å². The quantitative estimate of drug-likeness (QED) is 0.650. The van der Waals surface area contributed by atoms with Gasteiger partial charge in [0, 0.05) is 10.9 Å². The van der Waals surface area contributed by atoms with Crippen molar-refractivity contribution in [2.24, 2.45) is 0 Å². The van der Waals surface area contributed by atoms with Gasteiger partial charge in [0.25, 0.3) is 5.56 Å². The van der Waals surface area contributed by atoms with Crippen LogP contribution in [0.3, 0.4) is 0 Å². The van der Waals surface area contributed by atoms with Gasteiger partial charge in [0.1, 0.15) is 0 Å². The topological polar surface area (TPSA) is 30.0 Å². The highest BCUT2D eigenvalue weighted by molar-refractivity contribution is 7.17. The fourth-order valence-corrected chi connectivity index (χ4v) is 1.73. The van der Waals surface area contributed by atoms with Crippen molar-refractivity contribution in [3.63, 3.8) is 0 Å². The SMILES string of the molecule is Cl.O=c1ncccc2sccc12. The fraction of sp³-hybridized carbons (Fsp3) is 0. The summed E-state index contributed by atoms with van der Waals surface area (Å²) >= 11 is 1.55. The summed E-state index contributed by atoms with van der Waals surface area (Å²) < 4.78 is 0.993. The van der Waals surface area contributed by atoms with E-state index in [2.05, 4.69) is 4.98 Å². The number of thiophene rings is 1. The lowest BCUT2D eigenvalue weighted by molar-refractivity contribution is 1.30. The standard InChI is InChI=1S/C8H5NOS.ClH/c10-8-6-3-5-11-7(6)2-1-4-9-8;/h1-5H;1H. The molecule has 0 spiro atoms. The first-order chi connectivity index (χ1) is 5.38. The number of nitrogens with zero attached hydrogens (tertiary/aromatic N) is 1. The van der Waals surface area contributed by atoms with Crippen LogP contribution < -0.4 is 5.56 Å². The molecule has 2 aromatic rings. The summed E-state index contributed by atoms with van der Waals surface area (Å²) in [5.74, 6) is 0. The van der Waals surface area contributed by atoms with Crippen LogP contribution in [0.25, 0.3) is 10.1 Å². The summed E-state index contributed by atoms with van der Waals surface area (Å²) in [5.41, 5.74) is -0.147. The van der Waals surface area contributed by atoms with Gasteiger partial charge >= 0.3 is 0 Å². The molecule has 0 radical (unpaired) electrons. The molecule has 0 fully saturated rings. The van der Waals surface area contributed by atoms with Gasteiger partial charge in [-0.1, -0.05) is 0 Å². The summed E-state index contributed by atoms with van der Waals surface area (Å²) in [5, 5.41) is 2.60. The van der Waals surface area contributed by atoms with Gasteiger partial charge < -0.3 is 0 Å². The lowest BCUT2D eigenvalue weighted by atomic mass is 10.4. The van der Waals surface area contributed by atoms with Crippen molar-refractivity contribution < 1.29 is 0 Å². The van der Waals surface area contributed by atoms with Crippen molar-refractivity contribution >= 4 is 33.8 Å². The van der Waals surface area contributed by atoms with E-state index < -0.39 is 0 Å². The zero-order valence-electron chi connectivity index (χ0n) is 6.06. The number of rotatable bonds is 0. The van der Waals surface area contributed by atoms with E-state index >= 15 is 0 Å². The second-order valence-corrected chi connectivity index (χ2v) is 3.09. The normalized spacial score (nSPS) is 9.33. The molecule has 4 heteroatoms. The molecule has 0 aliphatic heterocycles. The molecule has 0 aliphatic carbocycles. The van der Waals surface area contributed by atoms with Gasteiger partial charge in [-0.3, -0.25) is 4.79 Å². The lowest BCUT2D eigenvalue weighted by Gasteiger charge is -1.72. The Morgan fingerprint density at radius 3 is 3.00 bits per heavy atom. The fourth-order valence-electron chi connectivity index (χ4n) is 0.937. The highest BCUT2D eigenvalue weighted by Crippen LogP contribution is 2.14. The van der Waals surface area contributed by atoms with Crippen LogP contribution in [0, 0.1) is 0 Å². The molecule has 2 nitrogen and oxygen atoms in total. The van der Waals surface area contributed by atoms with Gasteiger partial charge in [0.05, 0.1) is 5.39 Å². The number of halogens is 1. The van der Waals surface area contributed by atoms with E-state index in [4.69, 9.17) is 0 Å². The Balaban J connectivity index is 0.000000720. The van der Waals surface area contributed by atoms with E-state index in [1.807, 2.05) is 11.4 Å². The minimum Gasteiger partial charge on any atom is -0.267 e. The van der Waals surface area contributed by atoms with Crippen LogP contribution in [0.1, 0.15) is 0 Å². The molecule has 0 saturated heterocycles. The third-order valence-corrected chi connectivity index (χ3v) is 2.33. The van der Waals surface area contributed by atoms with E-state index in [0.29, 0.717) is 5.39 Å². The highest BCUT2D eigenvalue weighted by atomic mass is 35.5. The lowest BCUT2D eigenvalue weighted by Crippen LogP contribution is -1.98. The minimum atomic E-state index is -0.147. The first-order valence-electron chi connectivity index (χ1n) is 3.20. The van der Waals surface area contributed by atoms with Crippen molar-refractivity contribution in [2.45, 2.75) is 0 Å². The predicted octanol–water partition coefficient (Wildman–Crippen LogP) is 2.08. The van der Waals surface area contributed by atoms with Gasteiger partial charge in [-0.2, -0.15) is 0 Å². The molecule has 0 saturated carbocycles. The van der Waals surface area contributed by atoms with Crippen molar-refractivity contribution in [3.05, 3.63) is 40.1 Å². The molecule has 0 aromatic carbocycles. The zero-order valence-corrected chi connectivity index (χ0v) is 7.69. The molecule has 0 unspecified atom stereocenters. The van der Waals surface area contributed by atoms with Crippen LogP contribution in [0.15, 0.2) is 34.6 Å². The Morgan fingerprint density at radius 1 is 1.33 bits per heavy atom. The Morgan fingerprint density at radius 2 is 2.17 bits per heavy atom. The Hall–Kier alpha value is -0.930. The van der Waals surface area contributed by atoms with Gasteiger partial charge in [-0.15, -0.1) is 23.7 Å². The van der Waals surface area contributed by atoms with Crippen LogP contribution in [-0.2, 0) is 0 Å². The number of hydrogen-bond donors (Lipinski definition) is 0. The third kappa shape index (κ3) is 1.47. The second-order valence-electron chi connectivity index (χ2n) is 2.14. The highest BCUT2D eigenvalue weighted by Gasteiger charge is 1.95. The van der Waals surface area contributed by atoms with Crippen LogP contribution in [0.2, 0.25) is 0 Å². The molecule has 0 amide bonds. The minimum absolute atomic E-state index is 0. The maximum Gasteiger partial charge on any atom is 0.278 e. The summed E-state index contributed by atoms with van der Waals surface area (Å²) in [6, 6.07) is 5.48. The monoisotopic (exact) mass is 199 g/mol. The zero-order chi connectivity index (χ0) is 7.68. The van der Waals surface area contributed by atoms with Crippen molar-refractivity contribution in [3.8, 4) is 0 Å². The van der Waals surface area contributed by atoms with Gasteiger partial charge in [0.2, 0.25) is 0 Å². The number of fused-ring (bicyclic) bond motifs is 1. The molecule has 2 rings (SSSR count). The third-order valence-electron chi connectivity index (χ3n) is 1.45. The van der Waals surface area contributed by atoms with E-state index in [9.17, 15) is 4.79 Å². The first kappa shape index (κ1) is 9.16. The van der Waals surface area contributed by atoms with E-state index in [0.717, 1.165) is 4.70 Å². The summed E-state index contributed by atoms with van der Waals surface area (Å²) in [6.45, 7) is 0. The Bertz CT molecular complexity index is 440. The molecule has 2 heterocycles. The van der Waals surface area contributed by atoms with Crippen LogP contribution in [0.5, 0.6) is 0 Å². The molecule has 0 atom stereocenters. The smallest absolute Gasteiger partial charge is 0.267 e. The molecule has 0 N–H and O–H groups in total. The molecular formula is C8H6ClNOS. The van der Waals surface area contributed by atoms with Gasteiger partial charge in [-0.05, 0) is 23.6 Å². The molecule has 0 bridgehead atoms. The average molecular weight is 200 g/mol. The van der Waals surface area contributed by atoms with Crippen LogP contribution in [0.4, 0.5) is 0 Å². The van der Waals surface area contributed by atoms with Crippen molar-refractivity contribution in [2.75, 3.05) is 0 Å². The van der Waals surface area contributed by atoms with E-state index in [1.165, 1.54) is 6.20 Å². The maximum absolute atomic E-state index is 11.1. The molecule has 0 aliphatic rings. The predicted molar refractivity (Wildman–Crippen MR) is 53.1 cm³/mol. The van der Waals surface area contributed by atoms with Gasteiger partial charge in [0.15, 0.2) is 0 Å². The van der Waals surface area contributed by atoms with Crippen LogP contribution in [-0.4, -0.2) is 4.98 Å². The summed E-state index contributed by atoms with van der Waals surface area (Å²) in [7, 11) is 0. The largest absolute Gasteiger partial charge is 0.278 e. The first-order valence-corrected chi connectivity index (χ1v) is 4.08. The van der Waals surface area contributed by atoms with Crippen LogP contribution >= 0.6 is 23.7 Å². The number of hydrogen-bond acceptors (Lipinski definition) is 3. The van der Waals surface area contributed by atoms with Gasteiger partial charge in [-0.25, -0.2) is 4.98 Å². The molecule has 2 aromatic heterocycles. The molecular weight excluding hydrogens is 194 g/mol. The average Bonchev–Trinajstić information content (AvgIpc) is 2.40. The van der Waals surface area contributed by atoms with E-state index in [-0.39, 0.29) is 18.0 Å². The Labute approximate surface area is 79.3 Å². The number of aromatic nitrogens is 1.